The summed E-state index contributed by atoms with van der Waals surface area (Å²) in [6, 6.07) is 0. The van der Waals surface area contributed by atoms with Crippen LogP contribution in [0.4, 0.5) is 0 Å². The van der Waals surface area contributed by atoms with Crippen LogP contribution >= 0.6 is 14.6 Å². The molecule has 0 atom stereocenters. The predicted octanol–water partition coefficient (Wildman–Crippen LogP) is 13.2. The van der Waals surface area contributed by atoms with Crippen LogP contribution in [0.3, 0.4) is 0 Å². The van der Waals surface area contributed by atoms with Crippen LogP contribution in [-0.2, 0) is 44.6 Å². The molecule has 0 saturated carbocycles. The summed E-state index contributed by atoms with van der Waals surface area (Å²) in [4.78, 5) is 37.2. The Morgan fingerprint density at radius 1 is 0.386 bits per heavy atom. The van der Waals surface area contributed by atoms with Gasteiger partial charge in [0.1, 0.15) is 0 Å². The van der Waals surface area contributed by atoms with E-state index in [1.807, 2.05) is 55.4 Å². The Labute approximate surface area is 371 Å². The number of unbranched alkanes of at least 4 members (excludes halogenated alkanes) is 20. The smallest absolute Gasteiger partial charge is 3.00 e. The monoisotopic (exact) mass is 890 g/mol. The maximum atomic E-state index is 14.2. The Bertz CT molecular complexity index is 762. The SMILES string of the molecule is CC(=O)[O-].CCCCCCCCP([O-])(CCCCCCCC)(OC(C)C)OC(C)C.CCCCCCCCP([O-])(CCCCCCCC)(OC(C)C)OC(C)C.[Ti+3]. The van der Waals surface area contributed by atoms with Crippen molar-refractivity contribution in [1.82, 2.24) is 0 Å². The molecule has 0 N–H and O–H groups in total. The second kappa shape index (κ2) is 38.5. The number of carboxylic acids is 1. The normalized spacial score (nSPS) is 13.3. The molecule has 0 amide bonds. The van der Waals surface area contributed by atoms with E-state index in [-0.39, 0.29) is 46.1 Å². The van der Waals surface area contributed by atoms with Gasteiger partial charge in [-0.2, -0.15) is 0 Å². The van der Waals surface area contributed by atoms with Crippen molar-refractivity contribution in [3.05, 3.63) is 0 Å². The molecule has 0 heterocycles. The molecule has 11 heteroatoms. The van der Waals surface area contributed by atoms with E-state index in [2.05, 4.69) is 27.7 Å². The molecule has 0 aliphatic heterocycles. The van der Waals surface area contributed by atoms with E-state index in [0.29, 0.717) is 24.6 Å². The third-order valence-corrected chi connectivity index (χ3v) is 17.8. The molecule has 0 aromatic carbocycles. The molecular weight excluding hydrogens is 790 g/mol. The summed E-state index contributed by atoms with van der Waals surface area (Å²) in [5.74, 6) is -1.08. The molecule has 0 aromatic rings. The van der Waals surface area contributed by atoms with Crippen molar-refractivity contribution in [2.45, 2.75) is 269 Å². The second-order valence-corrected chi connectivity index (χ2v) is 25.0. The summed E-state index contributed by atoms with van der Waals surface area (Å²) < 4.78 is 24.6. The van der Waals surface area contributed by atoms with Gasteiger partial charge >= 0.3 is 350 Å². The number of hydrogen-bond acceptors (Lipinski definition) is 8. The maximum absolute atomic E-state index is 14.2. The van der Waals surface area contributed by atoms with Crippen molar-refractivity contribution in [1.29, 1.82) is 0 Å². The van der Waals surface area contributed by atoms with Gasteiger partial charge in [0, 0.05) is 5.97 Å². The van der Waals surface area contributed by atoms with Crippen molar-refractivity contribution >= 4 is 20.5 Å². The molecule has 0 fully saturated rings. The molecule has 0 aliphatic rings. The summed E-state index contributed by atoms with van der Waals surface area (Å²) in [6.07, 6.45) is 30.6. The molecule has 345 valence electrons. The van der Waals surface area contributed by atoms with Gasteiger partial charge in [0.15, 0.2) is 0 Å². The summed E-state index contributed by atoms with van der Waals surface area (Å²) >= 11 is 0. The summed E-state index contributed by atoms with van der Waals surface area (Å²) in [7, 11) is -7.60. The van der Waals surface area contributed by atoms with Crippen molar-refractivity contribution in [3.8, 4) is 0 Å². The zero-order chi connectivity index (χ0) is 43.4. The second-order valence-electron chi connectivity index (χ2n) is 17.5. The molecule has 0 rings (SSSR count). The minimum atomic E-state index is -3.80. The maximum Gasteiger partial charge on any atom is 3.00 e. The van der Waals surface area contributed by atoms with Gasteiger partial charge in [-0.1, -0.05) is 0 Å². The molecule has 57 heavy (non-hydrogen) atoms. The first-order valence-electron chi connectivity index (χ1n) is 23.7. The Hall–Kier alpha value is 0.804. The Kier molecular flexibility index (Phi) is 43.5. The van der Waals surface area contributed by atoms with Crippen LogP contribution in [0.2, 0.25) is 0 Å². The molecule has 1 radical (unpaired) electrons. The quantitative estimate of drug-likeness (QED) is 0.0346. The summed E-state index contributed by atoms with van der Waals surface area (Å²) in [5.41, 5.74) is 0. The fourth-order valence-electron chi connectivity index (χ4n) is 7.37. The van der Waals surface area contributed by atoms with Gasteiger partial charge < -0.3 is 9.90 Å². The van der Waals surface area contributed by atoms with Gasteiger partial charge in [0.25, 0.3) is 0 Å². The number of rotatable bonds is 36. The third kappa shape index (κ3) is 40.6. The minimum Gasteiger partial charge on any atom is 3.00 e. The Morgan fingerprint density at radius 3 is 0.667 bits per heavy atom. The molecule has 0 spiro atoms. The van der Waals surface area contributed by atoms with Crippen LogP contribution in [0.25, 0.3) is 0 Å². The number of carbonyl (C=O) groups is 1. The van der Waals surface area contributed by atoms with Crippen LogP contribution in [0, 0.1) is 0 Å². The molecule has 8 nitrogen and oxygen atoms in total. The molecule has 0 aromatic heterocycles. The average Bonchev–Trinajstić information content (AvgIpc) is 3.06. The molecule has 0 saturated heterocycles. The Morgan fingerprint density at radius 2 is 0.526 bits per heavy atom. The minimum absolute atomic E-state index is 0. The van der Waals surface area contributed by atoms with Crippen molar-refractivity contribution in [2.75, 3.05) is 24.6 Å². The van der Waals surface area contributed by atoms with Gasteiger partial charge in [0.05, 0.1) is 0 Å². The molecular formula is C46H99O8P2Ti. The van der Waals surface area contributed by atoms with Gasteiger partial charge in [0.2, 0.25) is 0 Å². The van der Waals surface area contributed by atoms with Crippen LogP contribution in [0.1, 0.15) is 244 Å². The molecule has 0 unspecified atom stereocenters. The van der Waals surface area contributed by atoms with Gasteiger partial charge in [-0.25, -0.2) is 0 Å². The van der Waals surface area contributed by atoms with E-state index >= 15 is 0 Å². The van der Waals surface area contributed by atoms with Crippen molar-refractivity contribution < 1.29 is 59.5 Å². The Balaban J connectivity index is -0.000000442. The first-order chi connectivity index (χ1) is 26.2. The van der Waals surface area contributed by atoms with E-state index in [4.69, 9.17) is 28.0 Å². The van der Waals surface area contributed by atoms with Crippen LogP contribution in [0.15, 0.2) is 0 Å². The largest absolute Gasteiger partial charge is 3.00 e. The topological polar surface area (TPSA) is 123 Å². The van der Waals surface area contributed by atoms with Crippen LogP contribution < -0.4 is 14.9 Å². The van der Waals surface area contributed by atoms with Gasteiger partial charge in [-0.3, -0.25) is 0 Å². The van der Waals surface area contributed by atoms with Gasteiger partial charge in [-0.15, -0.1) is 0 Å². The zero-order valence-electron chi connectivity index (χ0n) is 40.3. The van der Waals surface area contributed by atoms with Crippen molar-refractivity contribution in [2.24, 2.45) is 0 Å². The number of carboxylic acid groups (broad SMARTS) is 1. The summed E-state index contributed by atoms with van der Waals surface area (Å²) in [6.45, 7) is 25.7. The first-order valence-corrected chi connectivity index (χ1v) is 28.4. The van der Waals surface area contributed by atoms with E-state index in [1.54, 1.807) is 0 Å². The third-order valence-electron chi connectivity index (χ3n) is 9.56. The number of hydrogen-bond donors (Lipinski definition) is 0. The van der Waals surface area contributed by atoms with E-state index in [0.717, 1.165) is 58.3 Å². The van der Waals surface area contributed by atoms with Gasteiger partial charge in [-0.05, 0) is 6.92 Å². The molecule has 0 bridgehead atoms. The summed E-state index contributed by atoms with van der Waals surface area (Å²) in [5, 5.41) is 8.89. The van der Waals surface area contributed by atoms with E-state index in [1.165, 1.54) is 103 Å². The van der Waals surface area contributed by atoms with Crippen molar-refractivity contribution in [3.63, 3.8) is 0 Å². The van der Waals surface area contributed by atoms with Crippen LogP contribution in [0.5, 0.6) is 0 Å². The predicted molar refractivity (Wildman–Crippen MR) is 242 cm³/mol. The molecule has 0 aliphatic carbocycles. The van der Waals surface area contributed by atoms with E-state index in [9.17, 15) is 9.79 Å². The standard InChI is InChI=1S/2C22H48O3P.C2H4O2.Ti/c2*1-7-9-11-13-15-17-19-26(23,24-21(3)4,25-22(5)6)20-18-16-14-12-10-8-2;1-2(3)4;/h2*21-22H,7-20H2,1-6H3;1H3,(H,3,4);/q2*-1;;+3/p-1. The fourth-order valence-corrected chi connectivity index (χ4v) is 15.9. The van der Waals surface area contributed by atoms with E-state index < -0.39 is 20.5 Å². The van der Waals surface area contributed by atoms with Crippen LogP contribution in [-0.4, -0.2) is 55.0 Å². The number of aliphatic carboxylic acids is 1. The zero-order valence-corrected chi connectivity index (χ0v) is 43.6. The fraction of sp³-hybridized carbons (Fsp3) is 0.978. The number of carbonyl (C=O) groups excluding carboxylic acids is 1. The average molecular weight is 890 g/mol. The first kappa shape index (κ1) is 64.4.